The van der Waals surface area contributed by atoms with E-state index in [4.69, 9.17) is 16.3 Å². The third-order valence-electron chi connectivity index (χ3n) is 6.10. The van der Waals surface area contributed by atoms with Crippen LogP contribution in [0.3, 0.4) is 0 Å². The molecule has 0 unspecified atom stereocenters. The molecule has 0 saturated carbocycles. The second-order valence-electron chi connectivity index (χ2n) is 8.42. The summed E-state index contributed by atoms with van der Waals surface area (Å²) in [7, 11) is 0. The van der Waals surface area contributed by atoms with Gasteiger partial charge in [0.15, 0.2) is 0 Å². The molecular formula is C25H25ClFN5O2. The lowest BCUT2D eigenvalue weighted by molar-refractivity contribution is -0.114. The molecule has 1 N–H and O–H groups in total. The van der Waals surface area contributed by atoms with E-state index in [1.165, 1.54) is 37.7 Å². The first-order valence-electron chi connectivity index (χ1n) is 11.4. The van der Waals surface area contributed by atoms with Crippen molar-refractivity contribution in [3.05, 3.63) is 59.7 Å². The number of anilines is 3. The van der Waals surface area contributed by atoms with Gasteiger partial charge < -0.3 is 15.0 Å². The Morgan fingerprint density at radius 2 is 2.00 bits per heavy atom. The molecule has 3 heterocycles. The van der Waals surface area contributed by atoms with Gasteiger partial charge in [-0.2, -0.15) is 0 Å². The zero-order chi connectivity index (χ0) is 23.5. The number of halogens is 2. The van der Waals surface area contributed by atoms with E-state index >= 15 is 0 Å². The van der Waals surface area contributed by atoms with Gasteiger partial charge in [0.2, 0.25) is 0 Å². The number of benzene rings is 2. The number of nitrogens with one attached hydrogen (secondary N) is 1. The lowest BCUT2D eigenvalue weighted by Gasteiger charge is -2.29. The summed E-state index contributed by atoms with van der Waals surface area (Å²) in [5, 5.41) is 3.90. The van der Waals surface area contributed by atoms with Gasteiger partial charge in [0.1, 0.15) is 30.3 Å². The third-order valence-corrected chi connectivity index (χ3v) is 6.39. The second kappa shape index (κ2) is 9.95. The summed E-state index contributed by atoms with van der Waals surface area (Å²) >= 11 is 5.92. The van der Waals surface area contributed by atoms with Crippen molar-refractivity contribution in [2.45, 2.75) is 19.3 Å². The van der Waals surface area contributed by atoms with Crippen LogP contribution in [0.2, 0.25) is 5.02 Å². The Hall–Kier alpha value is -3.23. The molecule has 2 aromatic carbocycles. The molecule has 1 amide bonds. The van der Waals surface area contributed by atoms with Crippen LogP contribution in [0.1, 0.15) is 19.3 Å². The molecule has 1 fully saturated rings. The Bertz CT molecular complexity index is 1250. The van der Waals surface area contributed by atoms with Crippen molar-refractivity contribution in [1.82, 2.24) is 14.9 Å². The van der Waals surface area contributed by atoms with E-state index in [1.807, 2.05) is 18.2 Å². The minimum Gasteiger partial charge on any atom is -0.489 e. The number of carbonyl (C=O) groups excluding carboxylic acids is 1. The van der Waals surface area contributed by atoms with Gasteiger partial charge in [0.25, 0.3) is 5.91 Å². The van der Waals surface area contributed by atoms with Gasteiger partial charge in [0, 0.05) is 29.8 Å². The van der Waals surface area contributed by atoms with Crippen molar-refractivity contribution in [1.29, 1.82) is 0 Å². The van der Waals surface area contributed by atoms with Gasteiger partial charge in [-0.15, -0.1) is 0 Å². The smallest absolute Gasteiger partial charge is 0.250 e. The van der Waals surface area contributed by atoms with Crippen LogP contribution in [-0.4, -0.2) is 53.6 Å². The predicted octanol–water partition coefficient (Wildman–Crippen LogP) is 4.93. The van der Waals surface area contributed by atoms with E-state index in [-0.39, 0.29) is 10.9 Å². The zero-order valence-corrected chi connectivity index (χ0v) is 19.4. The van der Waals surface area contributed by atoms with Crippen molar-refractivity contribution in [3.8, 4) is 5.75 Å². The van der Waals surface area contributed by atoms with Gasteiger partial charge in [-0.1, -0.05) is 24.1 Å². The molecular weight excluding hydrogens is 457 g/mol. The highest BCUT2D eigenvalue weighted by atomic mass is 35.5. The fourth-order valence-electron chi connectivity index (χ4n) is 4.34. The summed E-state index contributed by atoms with van der Waals surface area (Å²) in [5.74, 6) is 0.547. The lowest BCUT2D eigenvalue weighted by Crippen LogP contribution is -2.37. The lowest BCUT2D eigenvalue weighted by atomic mass is 10.1. The summed E-state index contributed by atoms with van der Waals surface area (Å²) in [6, 6.07) is 8.04. The van der Waals surface area contributed by atoms with E-state index in [1.54, 1.807) is 17.0 Å². The molecule has 2 aliphatic heterocycles. The van der Waals surface area contributed by atoms with Crippen molar-refractivity contribution in [3.63, 3.8) is 0 Å². The van der Waals surface area contributed by atoms with E-state index in [0.29, 0.717) is 47.0 Å². The normalized spacial score (nSPS) is 16.5. The largest absolute Gasteiger partial charge is 0.489 e. The van der Waals surface area contributed by atoms with Crippen LogP contribution in [0.5, 0.6) is 5.75 Å². The summed E-state index contributed by atoms with van der Waals surface area (Å²) in [6.07, 6.45) is 8.75. The molecule has 0 spiro atoms. The van der Waals surface area contributed by atoms with Crippen molar-refractivity contribution in [2.75, 3.05) is 43.0 Å². The van der Waals surface area contributed by atoms with E-state index in [9.17, 15) is 9.18 Å². The highest BCUT2D eigenvalue weighted by Crippen LogP contribution is 2.37. The van der Waals surface area contributed by atoms with Gasteiger partial charge in [-0.25, -0.2) is 14.4 Å². The Balaban J connectivity index is 1.41. The van der Waals surface area contributed by atoms with E-state index < -0.39 is 5.82 Å². The topological polar surface area (TPSA) is 70.6 Å². The van der Waals surface area contributed by atoms with Crippen LogP contribution in [0.25, 0.3) is 10.9 Å². The fraction of sp³-hybridized carbons (Fsp3) is 0.320. The first-order chi connectivity index (χ1) is 16.6. The molecule has 2 aliphatic rings. The molecule has 34 heavy (non-hydrogen) atoms. The number of hydrogen-bond donors (Lipinski definition) is 1. The number of amides is 1. The first kappa shape index (κ1) is 22.6. The highest BCUT2D eigenvalue weighted by Gasteiger charge is 2.24. The molecule has 9 heteroatoms. The predicted molar refractivity (Wildman–Crippen MR) is 132 cm³/mol. The average Bonchev–Trinajstić information content (AvgIpc) is 2.85. The second-order valence-corrected chi connectivity index (χ2v) is 8.82. The number of nitrogens with zero attached hydrogens (tertiary/aromatic N) is 4. The van der Waals surface area contributed by atoms with Crippen LogP contribution in [0, 0.1) is 5.82 Å². The Morgan fingerprint density at radius 3 is 2.82 bits per heavy atom. The summed E-state index contributed by atoms with van der Waals surface area (Å²) in [6.45, 7) is 3.81. The Labute approximate surface area is 202 Å². The van der Waals surface area contributed by atoms with Gasteiger partial charge in [0.05, 0.1) is 22.8 Å². The summed E-state index contributed by atoms with van der Waals surface area (Å²) < 4.78 is 19.4. The molecule has 176 valence electrons. The van der Waals surface area contributed by atoms with Crippen LogP contribution >= 0.6 is 11.6 Å². The molecule has 0 aliphatic carbocycles. The zero-order valence-electron chi connectivity index (χ0n) is 18.6. The first-order valence-corrected chi connectivity index (χ1v) is 11.8. The fourth-order valence-corrected chi connectivity index (χ4v) is 4.52. The molecule has 1 saturated heterocycles. The number of ether oxygens (including phenoxy) is 1. The van der Waals surface area contributed by atoms with Crippen LogP contribution in [0.15, 0.2) is 48.8 Å². The van der Waals surface area contributed by atoms with Crippen molar-refractivity contribution in [2.24, 2.45) is 0 Å². The van der Waals surface area contributed by atoms with E-state index in [2.05, 4.69) is 20.2 Å². The molecule has 3 aromatic rings. The number of fused-ring (bicyclic) bond motifs is 2. The number of hydrogen-bond acceptors (Lipinski definition) is 6. The maximum Gasteiger partial charge on any atom is 0.250 e. The number of rotatable bonds is 5. The number of piperidine rings is 1. The van der Waals surface area contributed by atoms with Crippen LogP contribution in [0.4, 0.5) is 21.6 Å². The van der Waals surface area contributed by atoms with Gasteiger partial charge in [-0.05, 0) is 50.2 Å². The number of aromatic nitrogens is 2. The van der Waals surface area contributed by atoms with Crippen LogP contribution < -0.4 is 15.0 Å². The molecule has 0 atom stereocenters. The maximum atomic E-state index is 13.5. The molecule has 7 nitrogen and oxygen atoms in total. The van der Waals surface area contributed by atoms with Crippen LogP contribution in [-0.2, 0) is 4.79 Å². The molecule has 5 rings (SSSR count). The molecule has 0 radical (unpaired) electrons. The SMILES string of the molecule is O=C(/C=C/CN1CCCCC1)N1CCOc2cc3ncnc(Nc4ccc(F)c(Cl)c4)c3cc21. The van der Waals surface area contributed by atoms with Crippen molar-refractivity contribution < 1.29 is 13.9 Å². The van der Waals surface area contributed by atoms with Gasteiger partial charge in [-0.3, -0.25) is 9.69 Å². The number of likely N-dealkylation sites (tertiary alicyclic amines) is 1. The summed E-state index contributed by atoms with van der Waals surface area (Å²) in [4.78, 5) is 25.8. The monoisotopic (exact) mass is 481 g/mol. The quantitative estimate of drug-likeness (QED) is 0.521. The Kier molecular flexibility index (Phi) is 6.60. The minimum atomic E-state index is -0.492. The average molecular weight is 482 g/mol. The third kappa shape index (κ3) is 4.83. The van der Waals surface area contributed by atoms with Crippen molar-refractivity contribution >= 4 is 45.6 Å². The minimum absolute atomic E-state index is 0.0160. The highest BCUT2D eigenvalue weighted by molar-refractivity contribution is 6.31. The maximum absolute atomic E-state index is 13.5. The summed E-state index contributed by atoms with van der Waals surface area (Å²) in [5.41, 5.74) is 1.93. The molecule has 0 bridgehead atoms. The molecule has 1 aromatic heterocycles. The Morgan fingerprint density at radius 1 is 1.15 bits per heavy atom. The number of carbonyl (C=O) groups is 1. The van der Waals surface area contributed by atoms with Gasteiger partial charge >= 0.3 is 0 Å². The standard InChI is InChI=1S/C25H25ClFN5O2/c26-19-13-17(6-7-20(19)27)30-25-18-14-22-23(15-21(18)28-16-29-25)34-12-11-32(22)24(33)5-4-10-31-8-2-1-3-9-31/h4-7,13-16H,1-3,8-12H2,(H,28,29,30)/b5-4+. The van der Waals surface area contributed by atoms with E-state index in [0.717, 1.165) is 19.6 Å².